The highest BCUT2D eigenvalue weighted by Crippen LogP contribution is 2.37. The van der Waals surface area contributed by atoms with E-state index < -0.39 is 5.76 Å². The number of benzene rings is 2. The van der Waals surface area contributed by atoms with Gasteiger partial charge < -0.3 is 9.73 Å². The molecule has 1 N–H and O–H groups in total. The van der Waals surface area contributed by atoms with Crippen molar-refractivity contribution in [2.75, 3.05) is 5.75 Å². The Bertz CT molecular complexity index is 1010. The number of thioether (sulfide) groups is 1. The number of aromatic nitrogens is 1. The van der Waals surface area contributed by atoms with Crippen LogP contribution in [0.1, 0.15) is 18.0 Å². The number of oxazole rings is 1. The number of nitrogens with zero attached hydrogens (tertiary/aromatic N) is 1. The number of hydrogen-bond donors (Lipinski definition) is 1. The van der Waals surface area contributed by atoms with Crippen molar-refractivity contribution >= 4 is 40.4 Å². The molecule has 2 heterocycles. The molecule has 3 aromatic rings. The van der Waals surface area contributed by atoms with Gasteiger partial charge in [-0.1, -0.05) is 23.7 Å². The van der Waals surface area contributed by atoms with Crippen molar-refractivity contribution in [3.8, 4) is 0 Å². The molecule has 1 aromatic heterocycles. The van der Waals surface area contributed by atoms with Gasteiger partial charge in [-0.2, -0.15) is 0 Å². The van der Waals surface area contributed by atoms with Crippen molar-refractivity contribution < 1.29 is 9.21 Å². The molecular formula is C18H15ClN2O3S. The first-order chi connectivity index (χ1) is 12.1. The molecule has 0 spiro atoms. The zero-order valence-corrected chi connectivity index (χ0v) is 14.8. The average Bonchev–Trinajstić information content (AvgIpc) is 2.91. The standard InChI is InChI=1S/C18H15ClN2O3S/c19-11-5-6-16-12(9-11)13(7-8-25-16)20-17(22)10-21-14-3-1-2-4-15(14)24-18(21)23/h1-6,9,13H,7-8,10H2,(H,20,22)/t13-/m1/s1. The Hall–Kier alpha value is -2.18. The Morgan fingerprint density at radius 3 is 3.04 bits per heavy atom. The molecule has 0 fully saturated rings. The zero-order valence-electron chi connectivity index (χ0n) is 13.2. The fourth-order valence-electron chi connectivity index (χ4n) is 3.06. The predicted octanol–water partition coefficient (Wildman–Crippen LogP) is 3.60. The molecule has 0 saturated heterocycles. The average molecular weight is 375 g/mol. The number of fused-ring (bicyclic) bond motifs is 2. The van der Waals surface area contributed by atoms with Gasteiger partial charge in [0, 0.05) is 15.7 Å². The lowest BCUT2D eigenvalue weighted by atomic mass is 10.0. The SMILES string of the molecule is O=C(Cn1c(=O)oc2ccccc21)N[C@@H]1CCSc2ccc(Cl)cc21. The molecule has 1 aliphatic heterocycles. The van der Waals surface area contributed by atoms with Crippen LogP contribution in [-0.2, 0) is 11.3 Å². The van der Waals surface area contributed by atoms with Crippen LogP contribution in [0.4, 0.5) is 0 Å². The van der Waals surface area contributed by atoms with E-state index in [1.54, 1.807) is 30.0 Å². The summed E-state index contributed by atoms with van der Waals surface area (Å²) in [5, 5.41) is 3.67. The van der Waals surface area contributed by atoms with Crippen LogP contribution in [0.2, 0.25) is 5.02 Å². The van der Waals surface area contributed by atoms with Gasteiger partial charge in [0.25, 0.3) is 0 Å². The van der Waals surface area contributed by atoms with Gasteiger partial charge in [0.1, 0.15) is 6.54 Å². The molecule has 1 atom stereocenters. The Kier molecular flexibility index (Phi) is 4.31. The summed E-state index contributed by atoms with van der Waals surface area (Å²) >= 11 is 7.86. The smallest absolute Gasteiger partial charge is 0.408 e. The Labute approximate surface area is 153 Å². The van der Waals surface area contributed by atoms with Gasteiger partial charge in [-0.3, -0.25) is 9.36 Å². The van der Waals surface area contributed by atoms with Crippen LogP contribution in [-0.4, -0.2) is 16.2 Å². The highest BCUT2D eigenvalue weighted by molar-refractivity contribution is 7.99. The first-order valence-electron chi connectivity index (χ1n) is 7.92. The highest BCUT2D eigenvalue weighted by Gasteiger charge is 2.23. The van der Waals surface area contributed by atoms with E-state index in [0.29, 0.717) is 16.1 Å². The highest BCUT2D eigenvalue weighted by atomic mass is 35.5. The molecule has 0 unspecified atom stereocenters. The van der Waals surface area contributed by atoms with E-state index in [1.165, 1.54) is 4.57 Å². The number of para-hydroxylation sites is 2. The fourth-order valence-corrected chi connectivity index (χ4v) is 4.35. The molecule has 0 radical (unpaired) electrons. The molecule has 2 aromatic carbocycles. The molecular weight excluding hydrogens is 360 g/mol. The van der Waals surface area contributed by atoms with Crippen LogP contribution >= 0.6 is 23.4 Å². The second-order valence-corrected chi connectivity index (χ2v) is 7.43. The van der Waals surface area contributed by atoms with Crippen LogP contribution in [0.5, 0.6) is 0 Å². The van der Waals surface area contributed by atoms with Crippen molar-refractivity contribution in [2.24, 2.45) is 0 Å². The molecule has 0 aliphatic carbocycles. The Morgan fingerprint density at radius 2 is 2.16 bits per heavy atom. The maximum absolute atomic E-state index is 12.5. The number of nitrogens with one attached hydrogen (secondary N) is 1. The third-order valence-corrected chi connectivity index (χ3v) is 5.58. The van der Waals surface area contributed by atoms with Gasteiger partial charge >= 0.3 is 5.76 Å². The molecule has 7 heteroatoms. The van der Waals surface area contributed by atoms with E-state index in [9.17, 15) is 9.59 Å². The van der Waals surface area contributed by atoms with Gasteiger partial charge in [-0.15, -0.1) is 11.8 Å². The topological polar surface area (TPSA) is 64.2 Å². The van der Waals surface area contributed by atoms with E-state index >= 15 is 0 Å². The van der Waals surface area contributed by atoms with E-state index in [1.807, 2.05) is 24.3 Å². The van der Waals surface area contributed by atoms with E-state index in [-0.39, 0.29) is 18.5 Å². The summed E-state index contributed by atoms with van der Waals surface area (Å²) in [5.41, 5.74) is 2.12. The number of amides is 1. The lowest BCUT2D eigenvalue weighted by molar-refractivity contribution is -0.122. The van der Waals surface area contributed by atoms with Crippen LogP contribution in [0.3, 0.4) is 0 Å². The molecule has 5 nitrogen and oxygen atoms in total. The Balaban J connectivity index is 1.56. The van der Waals surface area contributed by atoms with Crippen molar-refractivity contribution in [2.45, 2.75) is 23.9 Å². The summed E-state index contributed by atoms with van der Waals surface area (Å²) < 4.78 is 6.52. The largest absolute Gasteiger partial charge is 0.420 e. The minimum Gasteiger partial charge on any atom is -0.408 e. The minimum absolute atomic E-state index is 0.0740. The summed E-state index contributed by atoms with van der Waals surface area (Å²) in [4.78, 5) is 25.7. The lowest BCUT2D eigenvalue weighted by Crippen LogP contribution is -2.35. The summed E-state index contributed by atoms with van der Waals surface area (Å²) in [6.07, 6.45) is 0.824. The monoisotopic (exact) mass is 374 g/mol. The van der Waals surface area contributed by atoms with Gasteiger partial charge in [-0.05, 0) is 42.3 Å². The van der Waals surface area contributed by atoms with Crippen LogP contribution in [0, 0.1) is 0 Å². The minimum atomic E-state index is -0.529. The maximum Gasteiger partial charge on any atom is 0.420 e. The number of rotatable bonds is 3. The summed E-state index contributed by atoms with van der Waals surface area (Å²) in [6.45, 7) is -0.0740. The second kappa shape index (κ2) is 6.61. The molecule has 25 heavy (non-hydrogen) atoms. The normalized spacial score (nSPS) is 16.6. The number of hydrogen-bond acceptors (Lipinski definition) is 4. The lowest BCUT2D eigenvalue weighted by Gasteiger charge is -2.26. The summed E-state index contributed by atoms with van der Waals surface area (Å²) in [5.74, 6) is 0.171. The molecule has 1 aliphatic rings. The molecule has 1 amide bonds. The third kappa shape index (κ3) is 3.19. The summed E-state index contributed by atoms with van der Waals surface area (Å²) in [6, 6.07) is 12.7. The maximum atomic E-state index is 12.5. The zero-order chi connectivity index (χ0) is 17.4. The number of carbonyl (C=O) groups is 1. The number of halogens is 1. The van der Waals surface area contributed by atoms with Gasteiger partial charge in [0.2, 0.25) is 5.91 Å². The number of carbonyl (C=O) groups excluding carboxylic acids is 1. The van der Waals surface area contributed by atoms with Gasteiger partial charge in [-0.25, -0.2) is 4.79 Å². The van der Waals surface area contributed by atoms with Crippen LogP contribution in [0.15, 0.2) is 56.6 Å². The van der Waals surface area contributed by atoms with Crippen molar-refractivity contribution in [1.29, 1.82) is 0 Å². The molecule has 128 valence electrons. The van der Waals surface area contributed by atoms with Crippen molar-refractivity contribution in [1.82, 2.24) is 9.88 Å². The second-order valence-electron chi connectivity index (χ2n) is 5.86. The Morgan fingerprint density at radius 1 is 1.32 bits per heavy atom. The van der Waals surface area contributed by atoms with Gasteiger partial charge in [0.15, 0.2) is 5.58 Å². The summed E-state index contributed by atoms with van der Waals surface area (Å²) in [7, 11) is 0. The van der Waals surface area contributed by atoms with E-state index in [2.05, 4.69) is 5.32 Å². The third-order valence-electron chi connectivity index (χ3n) is 4.22. The quantitative estimate of drug-likeness (QED) is 0.760. The molecule has 0 bridgehead atoms. The van der Waals surface area contributed by atoms with Crippen LogP contribution < -0.4 is 11.1 Å². The first kappa shape index (κ1) is 16.3. The first-order valence-corrected chi connectivity index (χ1v) is 9.28. The molecule has 4 rings (SSSR count). The van der Waals surface area contributed by atoms with Crippen LogP contribution in [0.25, 0.3) is 11.1 Å². The van der Waals surface area contributed by atoms with Crippen molar-refractivity contribution in [3.63, 3.8) is 0 Å². The molecule has 0 saturated carbocycles. The van der Waals surface area contributed by atoms with Gasteiger partial charge in [0.05, 0.1) is 11.6 Å². The van der Waals surface area contributed by atoms with Crippen molar-refractivity contribution in [3.05, 3.63) is 63.6 Å². The predicted molar refractivity (Wildman–Crippen MR) is 98.2 cm³/mol. The fraction of sp³-hybridized carbons (Fsp3) is 0.222. The van der Waals surface area contributed by atoms with E-state index in [0.717, 1.165) is 22.6 Å². The van der Waals surface area contributed by atoms with E-state index in [4.69, 9.17) is 16.0 Å².